The standard InChI is InChI=1S/C16H24N6O/c1-13(2)10-22-12-17-9-14(22)11-20-5-7-21(8-6-20)15-16(23)19-4-3-18-15/h3-4,9,12-13H,5-8,10-11H2,1-2H3,(H,19,23). The van der Waals surface area contributed by atoms with E-state index in [1.807, 2.05) is 12.5 Å². The molecule has 3 heterocycles. The number of imidazole rings is 1. The lowest BCUT2D eigenvalue weighted by Gasteiger charge is -2.34. The van der Waals surface area contributed by atoms with Gasteiger partial charge in [0.15, 0.2) is 5.82 Å². The van der Waals surface area contributed by atoms with Gasteiger partial charge in [0.25, 0.3) is 5.56 Å². The third kappa shape index (κ3) is 3.79. The van der Waals surface area contributed by atoms with Gasteiger partial charge in [0.2, 0.25) is 0 Å². The van der Waals surface area contributed by atoms with Crippen molar-refractivity contribution in [2.75, 3.05) is 31.1 Å². The number of H-pyrrole nitrogens is 1. The highest BCUT2D eigenvalue weighted by molar-refractivity contribution is 5.35. The maximum atomic E-state index is 11.8. The summed E-state index contributed by atoms with van der Waals surface area (Å²) >= 11 is 0. The Labute approximate surface area is 136 Å². The molecule has 7 nitrogen and oxygen atoms in total. The molecule has 0 spiro atoms. The summed E-state index contributed by atoms with van der Waals surface area (Å²) in [7, 11) is 0. The number of rotatable bonds is 5. The second-order valence-electron chi connectivity index (χ2n) is 6.44. The number of anilines is 1. The summed E-state index contributed by atoms with van der Waals surface area (Å²) in [5, 5.41) is 0. The normalized spacial score (nSPS) is 16.2. The summed E-state index contributed by atoms with van der Waals surface area (Å²) in [5.41, 5.74) is 1.14. The van der Waals surface area contributed by atoms with E-state index < -0.39 is 0 Å². The lowest BCUT2D eigenvalue weighted by molar-refractivity contribution is 0.242. The highest BCUT2D eigenvalue weighted by atomic mass is 16.1. The number of piperazine rings is 1. The maximum absolute atomic E-state index is 11.8. The molecule has 124 valence electrons. The minimum absolute atomic E-state index is 0.115. The SMILES string of the molecule is CC(C)Cn1cncc1CN1CCN(c2ncc[nH]c2=O)CC1. The molecule has 3 rings (SSSR count). The molecule has 2 aromatic heterocycles. The van der Waals surface area contributed by atoms with Gasteiger partial charge in [0.05, 0.1) is 12.0 Å². The highest BCUT2D eigenvalue weighted by Gasteiger charge is 2.20. The van der Waals surface area contributed by atoms with Crippen molar-refractivity contribution in [2.45, 2.75) is 26.9 Å². The van der Waals surface area contributed by atoms with Crippen molar-refractivity contribution in [1.82, 2.24) is 24.4 Å². The van der Waals surface area contributed by atoms with Crippen molar-refractivity contribution < 1.29 is 0 Å². The molecule has 23 heavy (non-hydrogen) atoms. The van der Waals surface area contributed by atoms with E-state index in [9.17, 15) is 4.79 Å². The van der Waals surface area contributed by atoms with Gasteiger partial charge in [-0.2, -0.15) is 0 Å². The third-order valence-corrected chi connectivity index (χ3v) is 4.11. The van der Waals surface area contributed by atoms with Crippen LogP contribution in [0.1, 0.15) is 19.5 Å². The van der Waals surface area contributed by atoms with Crippen LogP contribution >= 0.6 is 0 Å². The van der Waals surface area contributed by atoms with Crippen molar-refractivity contribution in [3.05, 3.63) is 41.0 Å². The van der Waals surface area contributed by atoms with Gasteiger partial charge >= 0.3 is 0 Å². The number of aromatic nitrogens is 4. The minimum atomic E-state index is -0.115. The second-order valence-corrected chi connectivity index (χ2v) is 6.44. The van der Waals surface area contributed by atoms with Gasteiger partial charge in [0, 0.05) is 57.9 Å². The van der Waals surface area contributed by atoms with Crippen LogP contribution in [-0.2, 0) is 13.1 Å². The molecule has 1 aliphatic rings. The molecular weight excluding hydrogens is 292 g/mol. The monoisotopic (exact) mass is 316 g/mol. The zero-order chi connectivity index (χ0) is 16.2. The van der Waals surface area contributed by atoms with Crippen LogP contribution in [0.4, 0.5) is 5.82 Å². The van der Waals surface area contributed by atoms with E-state index in [-0.39, 0.29) is 5.56 Å². The molecule has 2 aromatic rings. The summed E-state index contributed by atoms with van der Waals surface area (Å²) in [6.07, 6.45) is 7.07. The molecule has 0 atom stereocenters. The van der Waals surface area contributed by atoms with Gasteiger partial charge in [0.1, 0.15) is 0 Å². The first-order valence-corrected chi connectivity index (χ1v) is 8.13. The maximum Gasteiger partial charge on any atom is 0.290 e. The first kappa shape index (κ1) is 15.7. The fraction of sp³-hybridized carbons (Fsp3) is 0.562. The van der Waals surface area contributed by atoms with E-state index in [1.165, 1.54) is 5.69 Å². The molecule has 0 saturated carbocycles. The van der Waals surface area contributed by atoms with Crippen LogP contribution < -0.4 is 10.5 Å². The average Bonchev–Trinajstić information content (AvgIpc) is 2.95. The molecule has 0 aromatic carbocycles. The summed E-state index contributed by atoms with van der Waals surface area (Å²) in [5.74, 6) is 1.13. The molecule has 0 bridgehead atoms. The summed E-state index contributed by atoms with van der Waals surface area (Å²) in [6.45, 7) is 9.81. The molecule has 0 radical (unpaired) electrons. The average molecular weight is 316 g/mol. The van der Waals surface area contributed by atoms with E-state index in [0.717, 1.165) is 39.3 Å². The van der Waals surface area contributed by atoms with Crippen molar-refractivity contribution >= 4 is 5.82 Å². The molecule has 1 saturated heterocycles. The van der Waals surface area contributed by atoms with Crippen LogP contribution in [0.5, 0.6) is 0 Å². The van der Waals surface area contributed by atoms with Crippen molar-refractivity contribution in [3.63, 3.8) is 0 Å². The van der Waals surface area contributed by atoms with E-state index in [1.54, 1.807) is 12.4 Å². The minimum Gasteiger partial charge on any atom is -0.349 e. The Bertz CT molecular complexity index is 684. The largest absolute Gasteiger partial charge is 0.349 e. The smallest absolute Gasteiger partial charge is 0.290 e. The Morgan fingerprint density at radius 3 is 2.74 bits per heavy atom. The lowest BCUT2D eigenvalue weighted by atomic mass is 10.2. The lowest BCUT2D eigenvalue weighted by Crippen LogP contribution is -2.48. The predicted octanol–water partition coefficient (Wildman–Crippen LogP) is 0.945. The van der Waals surface area contributed by atoms with Crippen LogP contribution in [-0.4, -0.2) is 50.6 Å². The van der Waals surface area contributed by atoms with Gasteiger partial charge in [-0.3, -0.25) is 9.69 Å². The molecule has 0 aliphatic carbocycles. The van der Waals surface area contributed by atoms with Crippen molar-refractivity contribution in [1.29, 1.82) is 0 Å². The summed E-state index contributed by atoms with van der Waals surface area (Å²) < 4.78 is 2.24. The van der Waals surface area contributed by atoms with Crippen LogP contribution in [0.25, 0.3) is 0 Å². The van der Waals surface area contributed by atoms with Gasteiger partial charge in [-0.1, -0.05) is 13.8 Å². The summed E-state index contributed by atoms with van der Waals surface area (Å²) in [6, 6.07) is 0. The number of hydrogen-bond acceptors (Lipinski definition) is 5. The van der Waals surface area contributed by atoms with Gasteiger partial charge in [-0.25, -0.2) is 9.97 Å². The summed E-state index contributed by atoms with van der Waals surface area (Å²) in [4.78, 5) is 27.4. The molecule has 1 N–H and O–H groups in total. The van der Waals surface area contributed by atoms with Crippen molar-refractivity contribution in [2.24, 2.45) is 5.92 Å². The third-order valence-electron chi connectivity index (χ3n) is 4.11. The van der Waals surface area contributed by atoms with E-state index in [2.05, 4.69) is 43.2 Å². The Hall–Kier alpha value is -2.15. The first-order chi connectivity index (χ1) is 11.1. The van der Waals surface area contributed by atoms with Crippen LogP contribution in [0.15, 0.2) is 29.7 Å². The van der Waals surface area contributed by atoms with Crippen molar-refractivity contribution in [3.8, 4) is 0 Å². The van der Waals surface area contributed by atoms with Gasteiger partial charge < -0.3 is 14.5 Å². The highest BCUT2D eigenvalue weighted by Crippen LogP contribution is 2.12. The topological polar surface area (TPSA) is 70.1 Å². The van der Waals surface area contributed by atoms with Crippen LogP contribution in [0, 0.1) is 5.92 Å². The zero-order valence-electron chi connectivity index (χ0n) is 13.8. The Balaban J connectivity index is 1.59. The molecule has 1 fully saturated rings. The number of aromatic amines is 1. The second kappa shape index (κ2) is 6.95. The molecule has 1 aliphatic heterocycles. The van der Waals surface area contributed by atoms with Gasteiger partial charge in [-0.15, -0.1) is 0 Å². The fourth-order valence-electron chi connectivity index (χ4n) is 2.95. The van der Waals surface area contributed by atoms with Gasteiger partial charge in [-0.05, 0) is 5.92 Å². The molecule has 0 unspecified atom stereocenters. The van der Waals surface area contributed by atoms with E-state index in [4.69, 9.17) is 0 Å². The Kier molecular flexibility index (Phi) is 4.76. The van der Waals surface area contributed by atoms with E-state index >= 15 is 0 Å². The predicted molar refractivity (Wildman–Crippen MR) is 89.4 cm³/mol. The number of nitrogens with zero attached hydrogens (tertiary/aromatic N) is 5. The zero-order valence-corrected chi connectivity index (χ0v) is 13.8. The Morgan fingerprint density at radius 1 is 1.26 bits per heavy atom. The van der Waals surface area contributed by atoms with Crippen LogP contribution in [0.2, 0.25) is 0 Å². The Morgan fingerprint density at radius 2 is 2.04 bits per heavy atom. The molecular formula is C16H24N6O. The first-order valence-electron chi connectivity index (χ1n) is 8.13. The van der Waals surface area contributed by atoms with E-state index in [0.29, 0.717) is 11.7 Å². The fourth-order valence-corrected chi connectivity index (χ4v) is 2.95. The number of hydrogen-bond donors (Lipinski definition) is 1. The molecule has 0 amide bonds. The van der Waals surface area contributed by atoms with Crippen LogP contribution in [0.3, 0.4) is 0 Å². The quantitative estimate of drug-likeness (QED) is 0.889. The number of nitrogens with one attached hydrogen (secondary N) is 1. The molecule has 7 heteroatoms.